The Labute approximate surface area is 101 Å². The topological polar surface area (TPSA) is 82.9 Å². The van der Waals surface area contributed by atoms with E-state index in [0.29, 0.717) is 0 Å². The second kappa shape index (κ2) is 5.91. The molecular weight excluding hydrogens is 246 g/mol. The number of pyridine rings is 1. The summed E-state index contributed by atoms with van der Waals surface area (Å²) in [6.45, 7) is 1.75. The van der Waals surface area contributed by atoms with E-state index in [4.69, 9.17) is 5.26 Å². The molecule has 0 aliphatic rings. The van der Waals surface area contributed by atoms with Crippen LogP contribution in [0.3, 0.4) is 0 Å². The minimum atomic E-state index is -2.95. The first-order valence-electron chi connectivity index (χ1n) is 5.09. The molecule has 0 fully saturated rings. The lowest BCUT2D eigenvalue weighted by Crippen LogP contribution is -2.20. The highest BCUT2D eigenvalue weighted by molar-refractivity contribution is 5.72. The molecule has 1 N–H and O–H groups in total. The van der Waals surface area contributed by atoms with E-state index >= 15 is 0 Å². The number of halogens is 2. The van der Waals surface area contributed by atoms with E-state index in [0.717, 1.165) is 6.07 Å². The van der Waals surface area contributed by atoms with Gasteiger partial charge in [0.1, 0.15) is 11.8 Å². The van der Waals surface area contributed by atoms with Crippen LogP contribution in [0, 0.1) is 11.3 Å². The van der Waals surface area contributed by atoms with Crippen LogP contribution in [0.5, 0.6) is 0 Å². The molecule has 0 bridgehead atoms. The lowest BCUT2D eigenvalue weighted by Gasteiger charge is -2.05. The van der Waals surface area contributed by atoms with Crippen LogP contribution < -0.4 is 5.56 Å². The van der Waals surface area contributed by atoms with Crippen LogP contribution in [0.2, 0.25) is 0 Å². The lowest BCUT2D eigenvalue weighted by atomic mass is 10.1. The molecular formula is C11H10F2N2O3. The van der Waals surface area contributed by atoms with Gasteiger partial charge in [-0.05, 0) is 13.0 Å². The number of esters is 1. The number of ether oxygens (including phenoxy) is 1. The van der Waals surface area contributed by atoms with Gasteiger partial charge >= 0.3 is 5.97 Å². The van der Waals surface area contributed by atoms with Crippen molar-refractivity contribution in [1.29, 1.82) is 5.26 Å². The van der Waals surface area contributed by atoms with E-state index < -0.39 is 23.6 Å². The fourth-order valence-electron chi connectivity index (χ4n) is 1.35. The average molecular weight is 256 g/mol. The molecule has 0 saturated heterocycles. The predicted octanol–water partition coefficient (Wildman–Crippen LogP) is 1.29. The van der Waals surface area contributed by atoms with Gasteiger partial charge in [-0.25, -0.2) is 8.78 Å². The number of rotatable bonds is 4. The van der Waals surface area contributed by atoms with Crippen LogP contribution in [-0.2, 0) is 16.0 Å². The Kier molecular flexibility index (Phi) is 4.54. The van der Waals surface area contributed by atoms with Crippen molar-refractivity contribution >= 4 is 5.97 Å². The SMILES string of the molecule is CCOC(=O)Cc1cc(C#N)c(C(F)F)[nH]c1=O. The summed E-state index contributed by atoms with van der Waals surface area (Å²) in [5.74, 6) is -0.656. The fraction of sp³-hybridized carbons (Fsp3) is 0.364. The van der Waals surface area contributed by atoms with E-state index in [-0.39, 0.29) is 24.2 Å². The van der Waals surface area contributed by atoms with Crippen LogP contribution in [0.25, 0.3) is 0 Å². The minimum absolute atomic E-state index is 0.0746. The molecule has 1 aromatic heterocycles. The first kappa shape index (κ1) is 13.8. The van der Waals surface area contributed by atoms with Crippen molar-refractivity contribution in [2.75, 3.05) is 6.61 Å². The molecule has 0 spiro atoms. The Morgan fingerprint density at radius 2 is 2.28 bits per heavy atom. The first-order chi connectivity index (χ1) is 8.49. The predicted molar refractivity (Wildman–Crippen MR) is 57.1 cm³/mol. The van der Waals surface area contributed by atoms with Crippen LogP contribution in [0.15, 0.2) is 10.9 Å². The van der Waals surface area contributed by atoms with Gasteiger partial charge in [0.15, 0.2) is 0 Å². The fourth-order valence-corrected chi connectivity index (χ4v) is 1.35. The van der Waals surface area contributed by atoms with Gasteiger partial charge in [-0.15, -0.1) is 0 Å². The zero-order valence-corrected chi connectivity index (χ0v) is 9.50. The number of hydrogen-bond donors (Lipinski definition) is 1. The summed E-state index contributed by atoms with van der Waals surface area (Å²) >= 11 is 0. The van der Waals surface area contributed by atoms with Crippen molar-refractivity contribution in [2.45, 2.75) is 19.8 Å². The highest BCUT2D eigenvalue weighted by atomic mass is 19.3. The Hall–Kier alpha value is -2.23. The number of aromatic amines is 1. The number of hydrogen-bond acceptors (Lipinski definition) is 4. The number of carbonyl (C=O) groups is 1. The molecule has 5 nitrogen and oxygen atoms in total. The van der Waals surface area contributed by atoms with Crippen molar-refractivity contribution in [2.24, 2.45) is 0 Å². The molecule has 1 rings (SSSR count). The molecule has 0 atom stereocenters. The maximum absolute atomic E-state index is 12.5. The van der Waals surface area contributed by atoms with Crippen LogP contribution in [0.1, 0.15) is 30.2 Å². The molecule has 0 aromatic carbocycles. The molecule has 96 valence electrons. The van der Waals surface area contributed by atoms with Crippen molar-refractivity contribution in [3.8, 4) is 6.07 Å². The standard InChI is InChI=1S/C11H10F2N2O3/c1-2-18-8(16)4-6-3-7(5-14)9(10(12)13)15-11(6)17/h3,10H,2,4H2,1H3,(H,15,17). The van der Waals surface area contributed by atoms with E-state index in [1.807, 2.05) is 4.98 Å². The molecule has 0 aliphatic heterocycles. The average Bonchev–Trinajstić information content (AvgIpc) is 2.31. The van der Waals surface area contributed by atoms with E-state index in [9.17, 15) is 18.4 Å². The maximum atomic E-state index is 12.5. The van der Waals surface area contributed by atoms with Gasteiger partial charge in [-0.2, -0.15) is 5.26 Å². The Bertz CT molecular complexity index is 546. The zero-order chi connectivity index (χ0) is 13.7. The summed E-state index contributed by atoms with van der Waals surface area (Å²) in [7, 11) is 0. The molecule has 0 aliphatic carbocycles. The normalized spacial score (nSPS) is 10.2. The molecule has 1 aromatic rings. The highest BCUT2D eigenvalue weighted by Gasteiger charge is 2.17. The first-order valence-corrected chi connectivity index (χ1v) is 5.09. The van der Waals surface area contributed by atoms with Gasteiger partial charge in [-0.1, -0.05) is 0 Å². The van der Waals surface area contributed by atoms with Gasteiger partial charge in [0.2, 0.25) is 0 Å². The van der Waals surface area contributed by atoms with Crippen molar-refractivity contribution in [3.63, 3.8) is 0 Å². The molecule has 7 heteroatoms. The number of aromatic nitrogens is 1. The smallest absolute Gasteiger partial charge is 0.310 e. The summed E-state index contributed by atoms with van der Waals surface area (Å²) < 4.78 is 29.6. The third-order valence-corrected chi connectivity index (χ3v) is 2.13. The van der Waals surface area contributed by atoms with Gasteiger partial charge in [0, 0.05) is 5.56 Å². The maximum Gasteiger partial charge on any atom is 0.310 e. The van der Waals surface area contributed by atoms with Crippen molar-refractivity contribution in [3.05, 3.63) is 33.2 Å². The summed E-state index contributed by atoms with van der Waals surface area (Å²) in [6, 6.07) is 2.53. The van der Waals surface area contributed by atoms with Crippen LogP contribution in [-0.4, -0.2) is 17.6 Å². The summed E-state index contributed by atoms with van der Waals surface area (Å²) in [6.07, 6.45) is -3.31. The Balaban J connectivity index is 3.13. The van der Waals surface area contributed by atoms with Crippen LogP contribution in [0.4, 0.5) is 8.78 Å². The quantitative estimate of drug-likeness (QED) is 0.823. The van der Waals surface area contributed by atoms with E-state index in [2.05, 4.69) is 4.74 Å². The third kappa shape index (κ3) is 3.13. The van der Waals surface area contributed by atoms with Gasteiger partial charge in [0.05, 0.1) is 18.6 Å². The minimum Gasteiger partial charge on any atom is -0.466 e. The molecule has 0 saturated carbocycles. The number of alkyl halides is 2. The van der Waals surface area contributed by atoms with Gasteiger partial charge in [0.25, 0.3) is 12.0 Å². The number of nitrogens with one attached hydrogen (secondary N) is 1. The Morgan fingerprint density at radius 3 is 2.78 bits per heavy atom. The number of nitrogens with zero attached hydrogens (tertiary/aromatic N) is 1. The summed E-state index contributed by atoms with van der Waals surface area (Å²) in [5, 5.41) is 8.70. The lowest BCUT2D eigenvalue weighted by molar-refractivity contribution is -0.142. The second-order valence-corrected chi connectivity index (χ2v) is 3.35. The largest absolute Gasteiger partial charge is 0.466 e. The molecule has 0 unspecified atom stereocenters. The van der Waals surface area contributed by atoms with Crippen LogP contribution >= 0.6 is 0 Å². The second-order valence-electron chi connectivity index (χ2n) is 3.35. The molecule has 0 amide bonds. The van der Waals surface area contributed by atoms with E-state index in [1.165, 1.54) is 0 Å². The molecule has 18 heavy (non-hydrogen) atoms. The summed E-state index contributed by atoms with van der Waals surface area (Å²) in [5.41, 5.74) is -1.99. The number of nitriles is 1. The van der Waals surface area contributed by atoms with Crippen molar-refractivity contribution in [1.82, 2.24) is 4.98 Å². The molecule has 1 heterocycles. The highest BCUT2D eigenvalue weighted by Crippen LogP contribution is 2.19. The summed E-state index contributed by atoms with van der Waals surface area (Å²) in [4.78, 5) is 24.5. The Morgan fingerprint density at radius 1 is 1.61 bits per heavy atom. The van der Waals surface area contributed by atoms with Gasteiger partial charge in [-0.3, -0.25) is 9.59 Å². The molecule has 0 radical (unpaired) electrons. The number of H-pyrrole nitrogens is 1. The third-order valence-electron chi connectivity index (χ3n) is 2.13. The van der Waals surface area contributed by atoms with Crippen molar-refractivity contribution < 1.29 is 18.3 Å². The zero-order valence-electron chi connectivity index (χ0n) is 9.50. The monoisotopic (exact) mass is 256 g/mol. The van der Waals surface area contributed by atoms with Gasteiger partial charge < -0.3 is 9.72 Å². The number of carbonyl (C=O) groups excluding carboxylic acids is 1. The van der Waals surface area contributed by atoms with E-state index in [1.54, 1.807) is 13.0 Å².